The fourth-order valence-electron chi connectivity index (χ4n) is 1.95. The van der Waals surface area contributed by atoms with Crippen molar-refractivity contribution in [3.63, 3.8) is 0 Å². The predicted molar refractivity (Wildman–Crippen MR) is 85.1 cm³/mol. The van der Waals surface area contributed by atoms with Gasteiger partial charge in [0.1, 0.15) is 17.2 Å². The fraction of sp³-hybridized carbons (Fsp3) is 0.294. The van der Waals surface area contributed by atoms with Gasteiger partial charge < -0.3 is 9.15 Å². The number of amides is 1. The molecule has 0 radical (unpaired) electrons. The lowest BCUT2D eigenvalue weighted by molar-refractivity contribution is -0.123. The maximum absolute atomic E-state index is 11.8. The maximum atomic E-state index is 11.8. The lowest BCUT2D eigenvalue weighted by Crippen LogP contribution is -2.25. The van der Waals surface area contributed by atoms with Crippen molar-refractivity contribution < 1.29 is 13.9 Å². The van der Waals surface area contributed by atoms with E-state index in [2.05, 4.69) is 24.4 Å². The van der Waals surface area contributed by atoms with E-state index in [0.29, 0.717) is 17.4 Å². The van der Waals surface area contributed by atoms with Crippen LogP contribution in [0.3, 0.4) is 0 Å². The van der Waals surface area contributed by atoms with Gasteiger partial charge >= 0.3 is 0 Å². The lowest BCUT2D eigenvalue weighted by atomic mass is 10.0. The molecule has 116 valence electrons. The molecule has 1 heterocycles. The molecule has 0 bridgehead atoms. The minimum absolute atomic E-state index is 0.0847. The van der Waals surface area contributed by atoms with E-state index in [9.17, 15) is 4.79 Å². The number of nitrogens with zero attached hydrogens (tertiary/aromatic N) is 1. The van der Waals surface area contributed by atoms with E-state index in [-0.39, 0.29) is 12.5 Å². The van der Waals surface area contributed by atoms with E-state index in [1.165, 1.54) is 0 Å². The first kappa shape index (κ1) is 15.8. The Hall–Kier alpha value is -2.56. The number of nitrogens with one attached hydrogen (secondary N) is 1. The van der Waals surface area contributed by atoms with E-state index >= 15 is 0 Å². The van der Waals surface area contributed by atoms with E-state index in [0.717, 1.165) is 11.3 Å². The Balaban J connectivity index is 1.90. The third kappa shape index (κ3) is 4.22. The first-order valence-electron chi connectivity index (χ1n) is 7.16. The van der Waals surface area contributed by atoms with Crippen LogP contribution in [0.1, 0.15) is 38.0 Å². The van der Waals surface area contributed by atoms with E-state index < -0.39 is 0 Å². The Kier molecular flexibility index (Phi) is 5.36. The number of hydrogen-bond acceptors (Lipinski definition) is 4. The summed E-state index contributed by atoms with van der Waals surface area (Å²) in [5.74, 6) is 1.36. The summed E-state index contributed by atoms with van der Waals surface area (Å²) in [5.41, 5.74) is 4.13. The molecule has 1 amide bonds. The summed E-state index contributed by atoms with van der Waals surface area (Å²) >= 11 is 0. The number of para-hydroxylation sites is 1. The highest BCUT2D eigenvalue weighted by atomic mass is 16.5. The average Bonchev–Trinajstić information content (AvgIpc) is 3.05. The number of carbonyl (C=O) groups is 1. The zero-order chi connectivity index (χ0) is 15.9. The molecular formula is C17H20N2O3. The molecule has 0 aliphatic rings. The van der Waals surface area contributed by atoms with Gasteiger partial charge in [-0.25, -0.2) is 5.43 Å². The van der Waals surface area contributed by atoms with Gasteiger partial charge in [0.15, 0.2) is 6.61 Å². The Bertz CT molecular complexity index is 646. The van der Waals surface area contributed by atoms with Crippen LogP contribution in [-0.2, 0) is 4.79 Å². The molecule has 0 aliphatic heterocycles. The predicted octanol–water partition coefficient (Wildman–Crippen LogP) is 3.32. The van der Waals surface area contributed by atoms with Crippen LogP contribution >= 0.6 is 0 Å². The number of ether oxygens (including phenoxy) is 1. The van der Waals surface area contributed by atoms with Crippen molar-refractivity contribution in [1.82, 2.24) is 5.43 Å². The van der Waals surface area contributed by atoms with Gasteiger partial charge in [-0.1, -0.05) is 32.0 Å². The first-order chi connectivity index (χ1) is 10.6. The second-order valence-corrected chi connectivity index (χ2v) is 5.19. The molecule has 5 nitrogen and oxygen atoms in total. The zero-order valence-corrected chi connectivity index (χ0v) is 13.0. The fourth-order valence-corrected chi connectivity index (χ4v) is 1.95. The van der Waals surface area contributed by atoms with Crippen molar-refractivity contribution in [1.29, 1.82) is 0 Å². The number of carbonyl (C=O) groups excluding carboxylic acids is 1. The van der Waals surface area contributed by atoms with Crippen molar-refractivity contribution in [2.75, 3.05) is 6.61 Å². The van der Waals surface area contributed by atoms with E-state index in [4.69, 9.17) is 9.15 Å². The molecule has 0 saturated heterocycles. The third-order valence-corrected chi connectivity index (χ3v) is 3.13. The number of rotatable bonds is 6. The Morgan fingerprint density at radius 2 is 2.05 bits per heavy atom. The van der Waals surface area contributed by atoms with Crippen LogP contribution in [0, 0.1) is 0 Å². The van der Waals surface area contributed by atoms with Crippen molar-refractivity contribution in [2.24, 2.45) is 5.10 Å². The van der Waals surface area contributed by atoms with Gasteiger partial charge in [0.2, 0.25) is 0 Å². The maximum Gasteiger partial charge on any atom is 0.277 e. The topological polar surface area (TPSA) is 63.8 Å². The van der Waals surface area contributed by atoms with Crippen LogP contribution in [0.2, 0.25) is 0 Å². The van der Waals surface area contributed by atoms with Crippen LogP contribution < -0.4 is 10.2 Å². The summed E-state index contributed by atoms with van der Waals surface area (Å²) in [7, 11) is 0. The molecule has 0 saturated carbocycles. The summed E-state index contributed by atoms with van der Waals surface area (Å²) in [6.45, 7) is 5.84. The van der Waals surface area contributed by atoms with Crippen LogP contribution in [0.25, 0.3) is 0 Å². The van der Waals surface area contributed by atoms with Gasteiger partial charge in [-0.05, 0) is 36.6 Å². The van der Waals surface area contributed by atoms with Gasteiger partial charge in [0.05, 0.1) is 6.26 Å². The van der Waals surface area contributed by atoms with Gasteiger partial charge in [0.25, 0.3) is 5.91 Å². The molecule has 22 heavy (non-hydrogen) atoms. The molecule has 0 aliphatic carbocycles. The third-order valence-electron chi connectivity index (χ3n) is 3.13. The van der Waals surface area contributed by atoms with Gasteiger partial charge in [0, 0.05) is 0 Å². The Morgan fingerprint density at radius 3 is 2.73 bits per heavy atom. The van der Waals surface area contributed by atoms with Crippen molar-refractivity contribution in [3.8, 4) is 5.75 Å². The number of hydrazone groups is 1. The molecule has 2 rings (SSSR count). The standard InChI is InChI=1S/C17H20N2O3/c1-12(2)14-7-4-5-8-16(14)22-11-17(20)19-18-13(3)15-9-6-10-21-15/h4-10,12H,11H2,1-3H3,(H,19,20). The molecule has 0 fully saturated rings. The quantitative estimate of drug-likeness (QED) is 0.657. The highest BCUT2D eigenvalue weighted by Crippen LogP contribution is 2.25. The van der Waals surface area contributed by atoms with Gasteiger partial charge in [-0.2, -0.15) is 5.10 Å². The highest BCUT2D eigenvalue weighted by molar-refractivity contribution is 5.96. The Labute approximate surface area is 130 Å². The molecule has 1 N–H and O–H groups in total. The molecule has 1 aromatic heterocycles. The molecular weight excluding hydrogens is 280 g/mol. The molecule has 0 unspecified atom stereocenters. The van der Waals surface area contributed by atoms with Gasteiger partial charge in [-0.3, -0.25) is 4.79 Å². The monoisotopic (exact) mass is 300 g/mol. The number of furan rings is 1. The van der Waals surface area contributed by atoms with Crippen LogP contribution in [0.5, 0.6) is 5.75 Å². The lowest BCUT2D eigenvalue weighted by Gasteiger charge is -2.13. The minimum Gasteiger partial charge on any atom is -0.483 e. The molecule has 1 aromatic carbocycles. The molecule has 5 heteroatoms. The first-order valence-corrected chi connectivity index (χ1v) is 7.16. The summed E-state index contributed by atoms with van der Waals surface area (Å²) in [6, 6.07) is 11.2. The van der Waals surface area contributed by atoms with Crippen molar-refractivity contribution >= 4 is 11.6 Å². The SMILES string of the molecule is CC(=NNC(=O)COc1ccccc1C(C)C)c1ccco1. The van der Waals surface area contributed by atoms with Crippen LogP contribution in [0.4, 0.5) is 0 Å². The van der Waals surface area contributed by atoms with Crippen molar-refractivity contribution in [2.45, 2.75) is 26.7 Å². The normalized spacial score (nSPS) is 11.5. The van der Waals surface area contributed by atoms with E-state index in [1.54, 1.807) is 25.3 Å². The van der Waals surface area contributed by atoms with Crippen LogP contribution in [0.15, 0.2) is 52.2 Å². The molecule has 0 spiro atoms. The van der Waals surface area contributed by atoms with E-state index in [1.807, 2.05) is 24.3 Å². The highest BCUT2D eigenvalue weighted by Gasteiger charge is 2.09. The molecule has 2 aromatic rings. The zero-order valence-electron chi connectivity index (χ0n) is 13.0. The summed E-state index contributed by atoms with van der Waals surface area (Å²) in [6.07, 6.45) is 1.56. The summed E-state index contributed by atoms with van der Waals surface area (Å²) in [4.78, 5) is 11.8. The van der Waals surface area contributed by atoms with Crippen LogP contribution in [-0.4, -0.2) is 18.2 Å². The largest absolute Gasteiger partial charge is 0.483 e. The average molecular weight is 300 g/mol. The number of hydrogen-bond donors (Lipinski definition) is 1. The summed E-state index contributed by atoms with van der Waals surface area (Å²) in [5, 5.41) is 3.98. The van der Waals surface area contributed by atoms with Gasteiger partial charge in [-0.15, -0.1) is 0 Å². The smallest absolute Gasteiger partial charge is 0.277 e. The minimum atomic E-state index is -0.315. The Morgan fingerprint density at radius 1 is 1.27 bits per heavy atom. The summed E-state index contributed by atoms with van der Waals surface area (Å²) < 4.78 is 10.8. The second-order valence-electron chi connectivity index (χ2n) is 5.19. The molecule has 0 atom stereocenters. The number of benzene rings is 1. The van der Waals surface area contributed by atoms with Crippen molar-refractivity contribution in [3.05, 3.63) is 54.0 Å². The second kappa shape index (κ2) is 7.45.